The fraction of sp³-hybridized carbons (Fsp3) is 0.353. The molecule has 4 rings (SSSR count). The van der Waals surface area contributed by atoms with Crippen LogP contribution in [0.25, 0.3) is 17.1 Å². The molecule has 1 saturated heterocycles. The van der Waals surface area contributed by atoms with Crippen LogP contribution in [0.5, 0.6) is 0 Å². The number of nitrogens with zero attached hydrogens (tertiary/aromatic N) is 3. The van der Waals surface area contributed by atoms with Gasteiger partial charge in [0.25, 0.3) is 5.91 Å². The molecule has 25 heavy (non-hydrogen) atoms. The normalized spacial score (nSPS) is 19.4. The van der Waals surface area contributed by atoms with E-state index < -0.39 is 0 Å². The van der Waals surface area contributed by atoms with Crippen LogP contribution in [0.1, 0.15) is 25.3 Å². The quantitative estimate of drug-likeness (QED) is 0.745. The van der Waals surface area contributed by atoms with Crippen LogP contribution in [0, 0.1) is 5.92 Å². The smallest absolute Gasteiger partial charge is 0.276 e. The van der Waals surface area contributed by atoms with Crippen LogP contribution in [0.2, 0.25) is 0 Å². The second kappa shape index (κ2) is 7.89. The number of carbonyl (C=O) groups is 1. The Labute approximate surface area is 158 Å². The molecular formula is C17H21Cl2N5O. The topological polar surface area (TPSA) is 73.4 Å². The number of amides is 1. The molecule has 0 unspecified atom stereocenters. The highest BCUT2D eigenvalue weighted by Gasteiger charge is 2.26. The van der Waals surface area contributed by atoms with Crippen molar-refractivity contribution in [2.45, 2.75) is 19.8 Å². The summed E-state index contributed by atoms with van der Waals surface area (Å²) in [5, 5.41) is 3.88. The van der Waals surface area contributed by atoms with Gasteiger partial charge in [-0.1, -0.05) is 6.92 Å². The molecule has 6 nitrogen and oxygen atoms in total. The number of pyridine rings is 1. The fourth-order valence-corrected chi connectivity index (χ4v) is 3.07. The summed E-state index contributed by atoms with van der Waals surface area (Å²) in [5.41, 5.74) is 2.19. The van der Waals surface area contributed by atoms with Crippen LogP contribution < -0.4 is 5.32 Å². The van der Waals surface area contributed by atoms with Gasteiger partial charge in [0.05, 0.1) is 0 Å². The van der Waals surface area contributed by atoms with Gasteiger partial charge in [-0.25, -0.2) is 9.98 Å². The lowest BCUT2D eigenvalue weighted by molar-refractivity contribution is -0.115. The number of hydrogen-bond acceptors (Lipinski definition) is 4. The predicted octanol–water partition coefficient (Wildman–Crippen LogP) is 2.97. The maximum atomic E-state index is 12.2. The highest BCUT2D eigenvalue weighted by molar-refractivity contribution is 6.14. The van der Waals surface area contributed by atoms with Crippen molar-refractivity contribution < 1.29 is 4.79 Å². The number of likely N-dealkylation sites (tertiary alicyclic amines) is 1. The lowest BCUT2D eigenvalue weighted by Gasteiger charge is -2.31. The molecule has 4 heterocycles. The van der Waals surface area contributed by atoms with Gasteiger partial charge < -0.3 is 9.88 Å². The first-order valence-corrected chi connectivity index (χ1v) is 7.99. The van der Waals surface area contributed by atoms with E-state index in [1.165, 1.54) is 0 Å². The van der Waals surface area contributed by atoms with Crippen molar-refractivity contribution >= 4 is 53.8 Å². The summed E-state index contributed by atoms with van der Waals surface area (Å²) in [6, 6.07) is 3.87. The third-order valence-electron chi connectivity index (χ3n) is 4.54. The van der Waals surface area contributed by atoms with Gasteiger partial charge in [-0.05, 0) is 37.0 Å². The van der Waals surface area contributed by atoms with Crippen LogP contribution in [0.15, 0.2) is 35.2 Å². The molecule has 0 aromatic carbocycles. The number of fused-ring (bicyclic) bond motifs is 1. The number of rotatable bonds is 1. The number of H-pyrrole nitrogens is 1. The van der Waals surface area contributed by atoms with Crippen LogP contribution in [-0.4, -0.2) is 39.8 Å². The zero-order valence-corrected chi connectivity index (χ0v) is 15.5. The largest absolute Gasteiger partial charge is 0.346 e. The second-order valence-electron chi connectivity index (χ2n) is 6.23. The first kappa shape index (κ1) is 19.3. The van der Waals surface area contributed by atoms with E-state index in [4.69, 9.17) is 0 Å². The Bertz CT molecular complexity index is 821. The standard InChI is InChI=1S/C17H19N5O.2ClH/c1-11-4-7-22(8-5-11)17-20-14(16(23)21-17)9-12-10-19-15-13(12)3-2-6-18-15;;/h2-3,6,9-11H,4-5,7-8H2,1H3,(H,18,19)(H,20,21,23);2*1H. The third-order valence-corrected chi connectivity index (χ3v) is 4.54. The molecule has 0 bridgehead atoms. The number of hydrogen-bond donors (Lipinski definition) is 2. The molecular weight excluding hydrogens is 361 g/mol. The van der Waals surface area contributed by atoms with Gasteiger partial charge in [0, 0.05) is 36.4 Å². The fourth-order valence-electron chi connectivity index (χ4n) is 3.07. The highest BCUT2D eigenvalue weighted by Crippen LogP contribution is 2.22. The summed E-state index contributed by atoms with van der Waals surface area (Å²) in [6.07, 6.45) is 7.69. The van der Waals surface area contributed by atoms with Gasteiger partial charge in [0.2, 0.25) is 5.96 Å². The van der Waals surface area contributed by atoms with Crippen LogP contribution in [0.4, 0.5) is 0 Å². The third kappa shape index (κ3) is 3.80. The molecule has 0 radical (unpaired) electrons. The maximum absolute atomic E-state index is 12.2. The molecule has 0 atom stereocenters. The Morgan fingerprint density at radius 2 is 2.04 bits per heavy atom. The van der Waals surface area contributed by atoms with Gasteiger partial charge in [-0.2, -0.15) is 0 Å². The molecule has 134 valence electrons. The Balaban J connectivity index is 0.00000113. The van der Waals surface area contributed by atoms with Crippen molar-refractivity contribution in [2.24, 2.45) is 10.9 Å². The van der Waals surface area contributed by atoms with Gasteiger partial charge in [0.15, 0.2) is 0 Å². The molecule has 0 spiro atoms. The SMILES string of the molecule is CC1CCN(C2=NC(=Cc3c[nH]c4ncccc34)C(=O)N2)CC1.Cl.Cl. The Morgan fingerprint density at radius 1 is 1.28 bits per heavy atom. The number of aromatic nitrogens is 2. The average Bonchev–Trinajstić information content (AvgIpc) is 3.13. The molecule has 1 fully saturated rings. The van der Waals surface area contributed by atoms with Crippen LogP contribution >= 0.6 is 24.8 Å². The monoisotopic (exact) mass is 381 g/mol. The maximum Gasteiger partial charge on any atom is 0.276 e. The Hall–Kier alpha value is -2.05. The zero-order chi connectivity index (χ0) is 15.8. The Morgan fingerprint density at radius 3 is 2.80 bits per heavy atom. The number of carbonyl (C=O) groups excluding carboxylic acids is 1. The van der Waals surface area contributed by atoms with Crippen molar-refractivity contribution in [1.82, 2.24) is 20.2 Å². The number of piperidine rings is 1. The van der Waals surface area contributed by atoms with Crippen molar-refractivity contribution in [3.8, 4) is 0 Å². The summed E-state index contributed by atoms with van der Waals surface area (Å²) < 4.78 is 0. The summed E-state index contributed by atoms with van der Waals surface area (Å²) >= 11 is 0. The van der Waals surface area contributed by atoms with E-state index in [1.807, 2.05) is 24.4 Å². The van der Waals surface area contributed by atoms with E-state index in [9.17, 15) is 4.79 Å². The minimum absolute atomic E-state index is 0. The molecule has 2 aromatic heterocycles. The Kier molecular flexibility index (Phi) is 6.08. The van der Waals surface area contributed by atoms with E-state index >= 15 is 0 Å². The molecule has 2 aromatic rings. The van der Waals surface area contributed by atoms with Crippen LogP contribution in [0.3, 0.4) is 0 Å². The first-order chi connectivity index (χ1) is 11.2. The minimum atomic E-state index is -0.142. The first-order valence-electron chi connectivity index (χ1n) is 7.99. The lowest BCUT2D eigenvalue weighted by atomic mass is 10.00. The summed E-state index contributed by atoms with van der Waals surface area (Å²) in [4.78, 5) is 26.2. The van der Waals surface area contributed by atoms with E-state index in [2.05, 4.69) is 32.1 Å². The van der Waals surface area contributed by atoms with Gasteiger partial charge in [0.1, 0.15) is 11.3 Å². The highest BCUT2D eigenvalue weighted by atomic mass is 35.5. The summed E-state index contributed by atoms with van der Waals surface area (Å²) in [6.45, 7) is 4.16. The molecule has 1 amide bonds. The molecule has 2 aliphatic heterocycles. The summed E-state index contributed by atoms with van der Waals surface area (Å²) in [7, 11) is 0. The average molecular weight is 382 g/mol. The number of aromatic amines is 1. The van der Waals surface area contributed by atoms with Gasteiger partial charge in [-0.3, -0.25) is 10.1 Å². The number of nitrogens with one attached hydrogen (secondary N) is 2. The number of aliphatic imine (C=N–C) groups is 1. The molecule has 0 saturated carbocycles. The van der Waals surface area contributed by atoms with Crippen molar-refractivity contribution in [3.63, 3.8) is 0 Å². The molecule has 2 N–H and O–H groups in total. The van der Waals surface area contributed by atoms with Crippen LogP contribution in [-0.2, 0) is 4.79 Å². The van der Waals surface area contributed by atoms with E-state index in [-0.39, 0.29) is 30.7 Å². The van der Waals surface area contributed by atoms with Gasteiger partial charge in [-0.15, -0.1) is 24.8 Å². The van der Waals surface area contributed by atoms with Gasteiger partial charge >= 0.3 is 0 Å². The minimum Gasteiger partial charge on any atom is -0.346 e. The van der Waals surface area contributed by atoms with E-state index in [1.54, 1.807) is 6.20 Å². The second-order valence-corrected chi connectivity index (χ2v) is 6.23. The van der Waals surface area contributed by atoms with E-state index in [0.717, 1.165) is 48.4 Å². The van der Waals surface area contributed by atoms with E-state index in [0.29, 0.717) is 11.7 Å². The molecule has 8 heteroatoms. The molecule has 0 aliphatic carbocycles. The lowest BCUT2D eigenvalue weighted by Crippen LogP contribution is -2.44. The van der Waals surface area contributed by atoms with Crippen molar-refractivity contribution in [2.75, 3.05) is 13.1 Å². The van der Waals surface area contributed by atoms with Crippen molar-refractivity contribution in [1.29, 1.82) is 0 Å². The zero-order valence-electron chi connectivity index (χ0n) is 13.9. The summed E-state index contributed by atoms with van der Waals surface area (Å²) in [5.74, 6) is 1.29. The number of halogens is 2. The van der Waals surface area contributed by atoms with Crippen molar-refractivity contribution in [3.05, 3.63) is 35.8 Å². The number of guanidine groups is 1. The molecule has 2 aliphatic rings. The predicted molar refractivity (Wildman–Crippen MR) is 104 cm³/mol.